The predicted octanol–water partition coefficient (Wildman–Crippen LogP) is 2.78. The van der Waals surface area contributed by atoms with Crippen LogP contribution in [0.5, 0.6) is 0 Å². The predicted molar refractivity (Wildman–Crippen MR) is 96.5 cm³/mol. The van der Waals surface area contributed by atoms with Gasteiger partial charge in [-0.2, -0.15) is 0 Å². The van der Waals surface area contributed by atoms with Gasteiger partial charge >= 0.3 is 0 Å². The van der Waals surface area contributed by atoms with Gasteiger partial charge in [0.15, 0.2) is 0 Å². The second-order valence-electron chi connectivity index (χ2n) is 7.76. The second-order valence-corrected chi connectivity index (χ2v) is 7.76. The fourth-order valence-electron chi connectivity index (χ4n) is 4.16. The Morgan fingerprint density at radius 1 is 1.22 bits per heavy atom. The van der Waals surface area contributed by atoms with E-state index >= 15 is 0 Å². The zero-order valence-electron chi connectivity index (χ0n) is 15.3. The molecule has 2 N–H and O–H groups in total. The molecule has 23 heavy (non-hydrogen) atoms. The van der Waals surface area contributed by atoms with Gasteiger partial charge in [-0.05, 0) is 70.6 Å². The summed E-state index contributed by atoms with van der Waals surface area (Å²) in [6, 6.07) is 0.776. The average molecular weight is 324 g/mol. The third kappa shape index (κ3) is 6.80. The molecule has 134 valence electrons. The van der Waals surface area contributed by atoms with Gasteiger partial charge in [0.25, 0.3) is 0 Å². The number of piperidine rings is 1. The Kier molecular flexibility index (Phi) is 8.38. The van der Waals surface area contributed by atoms with Gasteiger partial charge in [0.05, 0.1) is 0 Å². The van der Waals surface area contributed by atoms with Crippen molar-refractivity contribution in [3.63, 3.8) is 0 Å². The van der Waals surface area contributed by atoms with Crippen LogP contribution in [0.25, 0.3) is 0 Å². The van der Waals surface area contributed by atoms with Crippen molar-refractivity contribution >= 4 is 5.91 Å². The standard InChI is InChI=1S/C19H37N3O/c1-16(17-8-6-11-20-15-17)14-19(23)21-12-7-13-22(2)18-9-4-3-5-10-18/h16-18,20H,3-15H2,1-2H3,(H,21,23). The molecule has 2 atom stereocenters. The van der Waals surface area contributed by atoms with Crippen molar-refractivity contribution in [3.05, 3.63) is 0 Å². The summed E-state index contributed by atoms with van der Waals surface area (Å²) in [5.41, 5.74) is 0. The molecule has 4 heteroatoms. The van der Waals surface area contributed by atoms with E-state index in [1.807, 2.05) is 0 Å². The van der Waals surface area contributed by atoms with Crippen LogP contribution in [-0.2, 0) is 4.79 Å². The number of rotatable bonds is 8. The Morgan fingerprint density at radius 2 is 2.00 bits per heavy atom. The van der Waals surface area contributed by atoms with E-state index in [2.05, 4.69) is 29.5 Å². The van der Waals surface area contributed by atoms with E-state index in [0.29, 0.717) is 18.3 Å². The van der Waals surface area contributed by atoms with Crippen LogP contribution in [0.15, 0.2) is 0 Å². The highest BCUT2D eigenvalue weighted by atomic mass is 16.1. The van der Waals surface area contributed by atoms with E-state index in [0.717, 1.165) is 38.6 Å². The maximum Gasteiger partial charge on any atom is 0.220 e. The first kappa shape index (κ1) is 18.7. The second kappa shape index (κ2) is 10.3. The normalized spacial score (nSPS) is 24.6. The molecule has 1 aliphatic carbocycles. The molecule has 0 spiro atoms. The fourth-order valence-corrected chi connectivity index (χ4v) is 4.16. The topological polar surface area (TPSA) is 44.4 Å². The Balaban J connectivity index is 1.53. The van der Waals surface area contributed by atoms with Crippen LogP contribution in [0.2, 0.25) is 0 Å². The average Bonchev–Trinajstić information content (AvgIpc) is 2.60. The maximum atomic E-state index is 12.1. The largest absolute Gasteiger partial charge is 0.356 e. The minimum Gasteiger partial charge on any atom is -0.356 e. The van der Waals surface area contributed by atoms with Gasteiger partial charge in [0.1, 0.15) is 0 Å². The summed E-state index contributed by atoms with van der Waals surface area (Å²) in [5.74, 6) is 1.41. The molecular weight excluding hydrogens is 286 g/mol. The number of nitrogens with one attached hydrogen (secondary N) is 2. The number of amides is 1. The van der Waals surface area contributed by atoms with E-state index < -0.39 is 0 Å². The van der Waals surface area contributed by atoms with E-state index in [4.69, 9.17) is 0 Å². The van der Waals surface area contributed by atoms with Gasteiger partial charge in [-0.25, -0.2) is 0 Å². The SMILES string of the molecule is CC(CC(=O)NCCCN(C)C1CCCCC1)C1CCCNC1. The van der Waals surface area contributed by atoms with E-state index in [9.17, 15) is 4.79 Å². The quantitative estimate of drug-likeness (QED) is 0.675. The first-order chi connectivity index (χ1) is 11.2. The summed E-state index contributed by atoms with van der Waals surface area (Å²) in [5, 5.41) is 6.57. The third-order valence-corrected chi connectivity index (χ3v) is 5.85. The van der Waals surface area contributed by atoms with E-state index in [1.54, 1.807) is 0 Å². The number of hydrogen-bond acceptors (Lipinski definition) is 3. The number of nitrogens with zero attached hydrogens (tertiary/aromatic N) is 1. The number of carbonyl (C=O) groups excluding carboxylic acids is 1. The van der Waals surface area contributed by atoms with E-state index in [1.165, 1.54) is 44.9 Å². The molecule has 0 bridgehead atoms. The molecule has 2 unspecified atom stereocenters. The van der Waals surface area contributed by atoms with E-state index in [-0.39, 0.29) is 5.91 Å². The van der Waals surface area contributed by atoms with Gasteiger partial charge in [-0.15, -0.1) is 0 Å². The molecule has 1 saturated heterocycles. The lowest BCUT2D eigenvalue weighted by Crippen LogP contribution is -2.37. The summed E-state index contributed by atoms with van der Waals surface area (Å²) in [6.45, 7) is 6.39. The van der Waals surface area contributed by atoms with Crippen LogP contribution < -0.4 is 10.6 Å². The monoisotopic (exact) mass is 323 g/mol. The lowest BCUT2D eigenvalue weighted by Gasteiger charge is -2.31. The maximum absolute atomic E-state index is 12.1. The van der Waals surface area contributed by atoms with Crippen LogP contribution in [0.3, 0.4) is 0 Å². The Morgan fingerprint density at radius 3 is 2.70 bits per heavy atom. The smallest absolute Gasteiger partial charge is 0.220 e. The van der Waals surface area contributed by atoms with Crippen LogP contribution in [0, 0.1) is 11.8 Å². The minimum atomic E-state index is 0.239. The highest BCUT2D eigenvalue weighted by Gasteiger charge is 2.22. The Bertz CT molecular complexity index is 336. The molecule has 1 saturated carbocycles. The van der Waals surface area contributed by atoms with Gasteiger partial charge in [0.2, 0.25) is 5.91 Å². The first-order valence-electron chi connectivity index (χ1n) is 9.84. The zero-order chi connectivity index (χ0) is 16.5. The van der Waals surface area contributed by atoms with Crippen molar-refractivity contribution in [1.29, 1.82) is 0 Å². The zero-order valence-corrected chi connectivity index (χ0v) is 15.3. The molecule has 2 rings (SSSR count). The van der Waals surface area contributed by atoms with Gasteiger partial charge in [-0.1, -0.05) is 26.2 Å². The molecule has 1 amide bonds. The molecule has 2 aliphatic rings. The first-order valence-corrected chi connectivity index (χ1v) is 9.84. The molecule has 4 nitrogen and oxygen atoms in total. The summed E-state index contributed by atoms with van der Waals surface area (Å²) in [4.78, 5) is 14.6. The van der Waals surface area contributed by atoms with Crippen LogP contribution in [0.1, 0.15) is 64.7 Å². The molecule has 0 radical (unpaired) electrons. The molecule has 1 heterocycles. The Labute approximate surface area is 142 Å². The molecule has 0 aromatic rings. The van der Waals surface area contributed by atoms with Gasteiger partial charge < -0.3 is 15.5 Å². The van der Waals surface area contributed by atoms with Gasteiger partial charge in [-0.3, -0.25) is 4.79 Å². The number of hydrogen-bond donors (Lipinski definition) is 2. The van der Waals surface area contributed by atoms with Crippen molar-refractivity contribution in [2.75, 3.05) is 33.2 Å². The molecular formula is C19H37N3O. The lowest BCUT2D eigenvalue weighted by atomic mass is 9.85. The summed E-state index contributed by atoms with van der Waals surface area (Å²) < 4.78 is 0. The van der Waals surface area contributed by atoms with Crippen molar-refractivity contribution in [2.45, 2.75) is 70.8 Å². The van der Waals surface area contributed by atoms with Crippen molar-refractivity contribution in [3.8, 4) is 0 Å². The third-order valence-electron chi connectivity index (χ3n) is 5.85. The lowest BCUT2D eigenvalue weighted by molar-refractivity contribution is -0.122. The van der Waals surface area contributed by atoms with Gasteiger partial charge in [0, 0.05) is 19.0 Å². The highest BCUT2D eigenvalue weighted by Crippen LogP contribution is 2.23. The van der Waals surface area contributed by atoms with Crippen molar-refractivity contribution in [2.24, 2.45) is 11.8 Å². The summed E-state index contributed by atoms with van der Waals surface area (Å²) in [6.07, 6.45) is 11.2. The van der Waals surface area contributed by atoms with Crippen molar-refractivity contribution in [1.82, 2.24) is 15.5 Å². The molecule has 0 aromatic carbocycles. The number of carbonyl (C=O) groups is 1. The summed E-state index contributed by atoms with van der Waals surface area (Å²) in [7, 11) is 2.25. The van der Waals surface area contributed by atoms with Crippen LogP contribution in [-0.4, -0.2) is 50.1 Å². The minimum absolute atomic E-state index is 0.239. The fraction of sp³-hybridized carbons (Fsp3) is 0.947. The van der Waals surface area contributed by atoms with Crippen LogP contribution in [0.4, 0.5) is 0 Å². The molecule has 2 fully saturated rings. The van der Waals surface area contributed by atoms with Crippen molar-refractivity contribution < 1.29 is 4.79 Å². The molecule has 0 aromatic heterocycles. The highest BCUT2D eigenvalue weighted by molar-refractivity contribution is 5.76. The molecule has 1 aliphatic heterocycles. The summed E-state index contributed by atoms with van der Waals surface area (Å²) >= 11 is 0. The Hall–Kier alpha value is -0.610. The van der Waals surface area contributed by atoms with Crippen LogP contribution >= 0.6 is 0 Å².